The average Bonchev–Trinajstić information content (AvgIpc) is 2.85. The normalized spacial score (nSPS) is 12.1. The zero-order valence-corrected chi connectivity index (χ0v) is 14.9. The Morgan fingerprint density at radius 2 is 1.86 bits per heavy atom. The first-order valence-corrected chi connectivity index (χ1v) is 8.43. The Kier molecular flexibility index (Phi) is 5.19. The molecular formula is C17H25N3OS. The number of hydrogen-bond acceptors (Lipinski definition) is 4. The molecule has 5 heteroatoms. The topological polar surface area (TPSA) is 36.4 Å². The van der Waals surface area contributed by atoms with Gasteiger partial charge in [-0.1, -0.05) is 44.2 Å². The van der Waals surface area contributed by atoms with Gasteiger partial charge in [0, 0.05) is 12.0 Å². The summed E-state index contributed by atoms with van der Waals surface area (Å²) < 4.78 is 1.12. The van der Waals surface area contributed by atoms with Gasteiger partial charge in [-0.3, -0.25) is 9.69 Å². The molecule has 0 unspecified atom stereocenters. The molecule has 0 aliphatic carbocycles. The molecule has 120 valence electrons. The number of amides is 1. The van der Waals surface area contributed by atoms with Crippen molar-refractivity contribution in [3.63, 3.8) is 0 Å². The molecule has 2 rings (SSSR count). The summed E-state index contributed by atoms with van der Waals surface area (Å²) >= 11 is 1.59. The Bertz CT molecular complexity index is 610. The van der Waals surface area contributed by atoms with Crippen LogP contribution in [0.3, 0.4) is 0 Å². The lowest BCUT2D eigenvalue weighted by Gasteiger charge is -2.28. The highest BCUT2D eigenvalue weighted by Gasteiger charge is 2.29. The van der Waals surface area contributed by atoms with Crippen LogP contribution in [0.1, 0.15) is 27.2 Å². The molecule has 0 atom stereocenters. The minimum atomic E-state index is -0.407. The molecule has 2 aromatic rings. The fourth-order valence-corrected chi connectivity index (χ4v) is 3.20. The van der Waals surface area contributed by atoms with Crippen LogP contribution in [-0.4, -0.2) is 43.0 Å². The molecule has 1 amide bonds. The summed E-state index contributed by atoms with van der Waals surface area (Å²) in [5.74, 6) is 0.130. The summed E-state index contributed by atoms with van der Waals surface area (Å²) in [4.78, 5) is 21.4. The molecule has 0 aliphatic heterocycles. The van der Waals surface area contributed by atoms with E-state index in [1.54, 1.807) is 11.3 Å². The maximum atomic E-state index is 12.8. The molecule has 0 radical (unpaired) electrons. The zero-order valence-electron chi connectivity index (χ0n) is 14.1. The fraction of sp³-hybridized carbons (Fsp3) is 0.529. The maximum absolute atomic E-state index is 12.8. The van der Waals surface area contributed by atoms with E-state index in [1.807, 2.05) is 58.0 Å². The second-order valence-corrected chi connectivity index (χ2v) is 7.84. The van der Waals surface area contributed by atoms with Gasteiger partial charge < -0.3 is 4.90 Å². The van der Waals surface area contributed by atoms with Gasteiger partial charge in [0.05, 0.1) is 10.2 Å². The zero-order chi connectivity index (χ0) is 16.3. The van der Waals surface area contributed by atoms with Gasteiger partial charge in [0.2, 0.25) is 5.91 Å². The molecule has 0 aliphatic rings. The molecule has 4 nitrogen and oxygen atoms in total. The van der Waals surface area contributed by atoms with Crippen molar-refractivity contribution < 1.29 is 4.79 Å². The van der Waals surface area contributed by atoms with Crippen LogP contribution in [0.4, 0.5) is 5.13 Å². The van der Waals surface area contributed by atoms with Crippen LogP contribution in [0.2, 0.25) is 0 Å². The molecule has 0 saturated heterocycles. The Labute approximate surface area is 136 Å². The molecule has 0 bridgehead atoms. The number of carbonyl (C=O) groups excluding carboxylic acids is 1. The van der Waals surface area contributed by atoms with Gasteiger partial charge in [0.25, 0.3) is 0 Å². The van der Waals surface area contributed by atoms with E-state index < -0.39 is 5.41 Å². The Balaban J connectivity index is 2.28. The van der Waals surface area contributed by atoms with Crippen LogP contribution >= 0.6 is 11.3 Å². The van der Waals surface area contributed by atoms with Gasteiger partial charge in [-0.2, -0.15) is 0 Å². The van der Waals surface area contributed by atoms with E-state index in [0.29, 0.717) is 6.54 Å². The predicted octanol–water partition coefficient (Wildman–Crippen LogP) is 3.63. The molecule has 0 N–H and O–H groups in total. The summed E-state index contributed by atoms with van der Waals surface area (Å²) in [6, 6.07) is 8.03. The summed E-state index contributed by atoms with van der Waals surface area (Å²) in [6.45, 7) is 7.54. The first-order valence-electron chi connectivity index (χ1n) is 7.61. The summed E-state index contributed by atoms with van der Waals surface area (Å²) in [6.07, 6.45) is 0.935. The third-order valence-electron chi connectivity index (χ3n) is 3.39. The summed E-state index contributed by atoms with van der Waals surface area (Å²) in [5, 5.41) is 0.805. The van der Waals surface area contributed by atoms with E-state index in [0.717, 1.165) is 28.3 Å². The van der Waals surface area contributed by atoms with E-state index in [1.165, 1.54) is 0 Å². The van der Waals surface area contributed by atoms with Gasteiger partial charge in [0.15, 0.2) is 5.13 Å². The molecule has 0 spiro atoms. The maximum Gasteiger partial charge on any atom is 0.234 e. The minimum Gasteiger partial charge on any atom is -0.309 e. The third-order valence-corrected chi connectivity index (χ3v) is 4.45. The van der Waals surface area contributed by atoms with Gasteiger partial charge in [-0.25, -0.2) is 4.98 Å². The van der Waals surface area contributed by atoms with Crippen molar-refractivity contribution in [2.75, 3.05) is 32.1 Å². The number of para-hydroxylation sites is 1. The van der Waals surface area contributed by atoms with Crippen molar-refractivity contribution in [3.8, 4) is 0 Å². The average molecular weight is 319 g/mol. The Hall–Kier alpha value is -1.46. The van der Waals surface area contributed by atoms with Crippen LogP contribution in [0, 0.1) is 5.41 Å². The predicted molar refractivity (Wildman–Crippen MR) is 94.6 cm³/mol. The lowest BCUT2D eigenvalue weighted by atomic mass is 9.95. The van der Waals surface area contributed by atoms with Crippen molar-refractivity contribution in [1.82, 2.24) is 9.88 Å². The van der Waals surface area contributed by atoms with E-state index in [2.05, 4.69) is 16.0 Å². The molecule has 0 saturated carbocycles. The summed E-state index contributed by atoms with van der Waals surface area (Å²) in [5.41, 5.74) is 0.553. The van der Waals surface area contributed by atoms with Gasteiger partial charge in [-0.05, 0) is 39.2 Å². The third kappa shape index (κ3) is 4.05. The highest BCUT2D eigenvalue weighted by molar-refractivity contribution is 7.22. The van der Waals surface area contributed by atoms with Crippen molar-refractivity contribution in [2.45, 2.75) is 27.2 Å². The number of hydrogen-bond donors (Lipinski definition) is 0. The van der Waals surface area contributed by atoms with Crippen molar-refractivity contribution in [1.29, 1.82) is 0 Å². The Morgan fingerprint density at radius 1 is 1.18 bits per heavy atom. The van der Waals surface area contributed by atoms with E-state index >= 15 is 0 Å². The number of rotatable bonds is 5. The first-order chi connectivity index (χ1) is 10.3. The summed E-state index contributed by atoms with van der Waals surface area (Å²) in [7, 11) is 4.10. The van der Waals surface area contributed by atoms with Crippen molar-refractivity contribution in [2.24, 2.45) is 5.41 Å². The van der Waals surface area contributed by atoms with E-state index in [9.17, 15) is 4.79 Å². The number of thiazole rings is 1. The fourth-order valence-electron chi connectivity index (χ4n) is 2.21. The van der Waals surface area contributed by atoms with Crippen molar-refractivity contribution in [3.05, 3.63) is 24.3 Å². The lowest BCUT2D eigenvalue weighted by Crippen LogP contribution is -2.40. The van der Waals surface area contributed by atoms with Crippen LogP contribution in [0.5, 0.6) is 0 Å². The lowest BCUT2D eigenvalue weighted by molar-refractivity contribution is -0.125. The van der Waals surface area contributed by atoms with Crippen LogP contribution in [0.25, 0.3) is 10.2 Å². The number of benzene rings is 1. The number of aromatic nitrogens is 1. The van der Waals surface area contributed by atoms with E-state index in [4.69, 9.17) is 0 Å². The Morgan fingerprint density at radius 3 is 2.45 bits per heavy atom. The van der Waals surface area contributed by atoms with Crippen LogP contribution < -0.4 is 4.90 Å². The SMILES string of the molecule is CN(C)CCCN(C(=O)C(C)(C)C)c1nc2ccccc2s1. The standard InChI is InChI=1S/C17H25N3OS/c1-17(2,3)15(21)20(12-8-11-19(4)5)16-18-13-9-6-7-10-14(13)22-16/h6-7,9-10H,8,11-12H2,1-5H3. The second-order valence-electron chi connectivity index (χ2n) is 6.83. The van der Waals surface area contributed by atoms with Crippen LogP contribution in [0.15, 0.2) is 24.3 Å². The number of fused-ring (bicyclic) bond motifs is 1. The molecule has 1 heterocycles. The van der Waals surface area contributed by atoms with Crippen molar-refractivity contribution >= 4 is 32.6 Å². The monoisotopic (exact) mass is 319 g/mol. The molecule has 1 aromatic heterocycles. The number of anilines is 1. The van der Waals surface area contributed by atoms with Crippen LogP contribution in [-0.2, 0) is 4.79 Å². The second kappa shape index (κ2) is 6.75. The van der Waals surface area contributed by atoms with Gasteiger partial charge in [0.1, 0.15) is 0 Å². The molecule has 0 fully saturated rings. The number of nitrogens with zero attached hydrogens (tertiary/aromatic N) is 3. The minimum absolute atomic E-state index is 0.130. The quantitative estimate of drug-likeness (QED) is 0.844. The van der Waals surface area contributed by atoms with E-state index in [-0.39, 0.29) is 5.91 Å². The molecular weight excluding hydrogens is 294 g/mol. The molecule has 22 heavy (non-hydrogen) atoms. The highest BCUT2D eigenvalue weighted by Crippen LogP contribution is 2.31. The van der Waals surface area contributed by atoms with Gasteiger partial charge in [-0.15, -0.1) is 0 Å². The highest BCUT2D eigenvalue weighted by atomic mass is 32.1. The first kappa shape index (κ1) is 16.9. The van der Waals surface area contributed by atoms with Gasteiger partial charge >= 0.3 is 0 Å². The smallest absolute Gasteiger partial charge is 0.234 e. The largest absolute Gasteiger partial charge is 0.309 e. The number of carbonyl (C=O) groups is 1. The molecule has 1 aromatic carbocycles.